The van der Waals surface area contributed by atoms with Crippen LogP contribution < -0.4 is 19.5 Å². The van der Waals surface area contributed by atoms with E-state index in [-0.39, 0.29) is 12.7 Å². The SMILES string of the molecule is O=C(Nc1cccc(Oc2cnccn2)c1)c1ccc2c(c1)OCO2. The summed E-state index contributed by atoms with van der Waals surface area (Å²) in [6.07, 6.45) is 4.62. The van der Waals surface area contributed by atoms with Gasteiger partial charge < -0.3 is 19.5 Å². The largest absolute Gasteiger partial charge is 0.454 e. The molecule has 1 aromatic heterocycles. The van der Waals surface area contributed by atoms with Gasteiger partial charge in [-0.15, -0.1) is 0 Å². The first-order valence-electron chi connectivity index (χ1n) is 7.53. The molecule has 7 nitrogen and oxygen atoms in total. The van der Waals surface area contributed by atoms with Crippen LogP contribution in [0.2, 0.25) is 0 Å². The lowest BCUT2D eigenvalue weighted by Crippen LogP contribution is -2.11. The number of nitrogens with one attached hydrogen (secondary N) is 1. The number of aromatic nitrogens is 2. The van der Waals surface area contributed by atoms with Crippen LogP contribution in [0.1, 0.15) is 10.4 Å². The van der Waals surface area contributed by atoms with Crippen LogP contribution in [-0.2, 0) is 0 Å². The number of nitrogens with zero attached hydrogens (tertiary/aromatic N) is 2. The predicted octanol–water partition coefficient (Wildman–Crippen LogP) is 3.25. The molecule has 0 atom stereocenters. The van der Waals surface area contributed by atoms with Crippen molar-refractivity contribution < 1.29 is 19.0 Å². The first kappa shape index (κ1) is 14.9. The summed E-state index contributed by atoms with van der Waals surface area (Å²) in [5.74, 6) is 1.86. The molecule has 0 saturated heterocycles. The van der Waals surface area contributed by atoms with E-state index < -0.39 is 0 Å². The van der Waals surface area contributed by atoms with E-state index in [1.165, 1.54) is 6.20 Å². The second kappa shape index (κ2) is 6.48. The Bertz CT molecular complexity index is 915. The number of anilines is 1. The molecule has 0 saturated carbocycles. The van der Waals surface area contributed by atoms with Crippen LogP contribution in [0.5, 0.6) is 23.1 Å². The average molecular weight is 335 g/mol. The van der Waals surface area contributed by atoms with E-state index in [2.05, 4.69) is 15.3 Å². The van der Waals surface area contributed by atoms with Crippen molar-refractivity contribution in [2.24, 2.45) is 0 Å². The fraction of sp³-hybridized carbons (Fsp3) is 0.0556. The lowest BCUT2D eigenvalue weighted by atomic mass is 10.2. The van der Waals surface area contributed by atoms with Crippen LogP contribution >= 0.6 is 0 Å². The number of hydrogen-bond acceptors (Lipinski definition) is 6. The Morgan fingerprint density at radius 1 is 1.08 bits per heavy atom. The van der Waals surface area contributed by atoms with E-state index in [0.717, 1.165) is 0 Å². The Balaban J connectivity index is 1.49. The van der Waals surface area contributed by atoms with Crippen LogP contribution in [0.25, 0.3) is 0 Å². The third kappa shape index (κ3) is 3.35. The molecule has 0 aliphatic carbocycles. The van der Waals surface area contributed by atoms with Gasteiger partial charge in [0, 0.05) is 29.7 Å². The molecule has 4 rings (SSSR count). The first-order valence-corrected chi connectivity index (χ1v) is 7.53. The van der Waals surface area contributed by atoms with E-state index in [9.17, 15) is 4.79 Å². The van der Waals surface area contributed by atoms with Gasteiger partial charge >= 0.3 is 0 Å². The minimum atomic E-state index is -0.255. The molecule has 1 amide bonds. The summed E-state index contributed by atoms with van der Waals surface area (Å²) >= 11 is 0. The smallest absolute Gasteiger partial charge is 0.255 e. The molecule has 0 radical (unpaired) electrons. The fourth-order valence-corrected chi connectivity index (χ4v) is 2.34. The monoisotopic (exact) mass is 335 g/mol. The average Bonchev–Trinajstić information content (AvgIpc) is 3.10. The third-order valence-electron chi connectivity index (χ3n) is 3.49. The summed E-state index contributed by atoms with van der Waals surface area (Å²) in [6.45, 7) is 0.169. The van der Waals surface area contributed by atoms with E-state index in [4.69, 9.17) is 14.2 Å². The Hall–Kier alpha value is -3.61. The first-order chi connectivity index (χ1) is 12.3. The van der Waals surface area contributed by atoms with E-state index in [0.29, 0.717) is 34.4 Å². The highest BCUT2D eigenvalue weighted by molar-refractivity contribution is 6.04. The van der Waals surface area contributed by atoms with Gasteiger partial charge in [0.1, 0.15) is 5.75 Å². The molecule has 2 heterocycles. The molecule has 124 valence electrons. The van der Waals surface area contributed by atoms with Crippen LogP contribution in [0.15, 0.2) is 61.1 Å². The number of ether oxygens (including phenoxy) is 3. The maximum Gasteiger partial charge on any atom is 0.255 e. The van der Waals surface area contributed by atoms with Crippen LogP contribution in [0.4, 0.5) is 5.69 Å². The van der Waals surface area contributed by atoms with Crippen LogP contribution in [-0.4, -0.2) is 22.7 Å². The van der Waals surface area contributed by atoms with Crippen molar-refractivity contribution in [1.29, 1.82) is 0 Å². The maximum atomic E-state index is 12.4. The zero-order valence-electron chi connectivity index (χ0n) is 13.0. The zero-order valence-corrected chi connectivity index (χ0v) is 13.0. The van der Waals surface area contributed by atoms with E-state index in [1.807, 2.05) is 0 Å². The van der Waals surface area contributed by atoms with Gasteiger partial charge in [-0.1, -0.05) is 6.07 Å². The molecular formula is C18H13N3O4. The number of fused-ring (bicyclic) bond motifs is 1. The molecule has 25 heavy (non-hydrogen) atoms. The second-order valence-electron chi connectivity index (χ2n) is 5.20. The van der Waals surface area contributed by atoms with Crippen LogP contribution in [0.3, 0.4) is 0 Å². The Morgan fingerprint density at radius 3 is 2.88 bits per heavy atom. The minimum Gasteiger partial charge on any atom is -0.454 e. The summed E-state index contributed by atoms with van der Waals surface area (Å²) in [5.41, 5.74) is 1.08. The van der Waals surface area contributed by atoms with Crippen molar-refractivity contribution in [1.82, 2.24) is 9.97 Å². The van der Waals surface area contributed by atoms with Gasteiger partial charge in [0.2, 0.25) is 12.7 Å². The van der Waals surface area contributed by atoms with Crippen molar-refractivity contribution in [2.75, 3.05) is 12.1 Å². The Kier molecular flexibility index (Phi) is 3.88. The topological polar surface area (TPSA) is 82.6 Å². The molecule has 0 unspecified atom stereocenters. The van der Waals surface area contributed by atoms with Gasteiger partial charge in [-0.05, 0) is 30.3 Å². The highest BCUT2D eigenvalue weighted by Crippen LogP contribution is 2.32. The number of hydrogen-bond donors (Lipinski definition) is 1. The molecule has 3 aromatic rings. The molecular weight excluding hydrogens is 322 g/mol. The summed E-state index contributed by atoms with van der Waals surface area (Å²) in [4.78, 5) is 20.4. The number of carbonyl (C=O) groups excluding carboxylic acids is 1. The summed E-state index contributed by atoms with van der Waals surface area (Å²) in [5, 5.41) is 2.82. The predicted molar refractivity (Wildman–Crippen MR) is 89.1 cm³/mol. The van der Waals surface area contributed by atoms with Gasteiger partial charge in [0.05, 0.1) is 6.20 Å². The van der Waals surface area contributed by atoms with E-state index >= 15 is 0 Å². The molecule has 0 spiro atoms. The van der Waals surface area contributed by atoms with Crippen molar-refractivity contribution in [2.45, 2.75) is 0 Å². The molecule has 1 aliphatic heterocycles. The van der Waals surface area contributed by atoms with Gasteiger partial charge in [0.25, 0.3) is 5.91 Å². The van der Waals surface area contributed by atoms with Crippen molar-refractivity contribution in [3.05, 3.63) is 66.6 Å². The second-order valence-corrected chi connectivity index (χ2v) is 5.20. The highest BCUT2D eigenvalue weighted by atomic mass is 16.7. The summed E-state index contributed by atoms with van der Waals surface area (Å²) in [6, 6.07) is 12.1. The number of benzene rings is 2. The quantitative estimate of drug-likeness (QED) is 0.788. The third-order valence-corrected chi connectivity index (χ3v) is 3.49. The number of amides is 1. The van der Waals surface area contributed by atoms with Gasteiger partial charge in [-0.2, -0.15) is 0 Å². The van der Waals surface area contributed by atoms with Crippen LogP contribution in [0, 0.1) is 0 Å². The molecule has 0 bridgehead atoms. The summed E-state index contributed by atoms with van der Waals surface area (Å²) in [7, 11) is 0. The molecule has 1 N–H and O–H groups in total. The fourth-order valence-electron chi connectivity index (χ4n) is 2.34. The van der Waals surface area contributed by atoms with E-state index in [1.54, 1.807) is 54.9 Å². The normalized spacial score (nSPS) is 11.8. The van der Waals surface area contributed by atoms with Crippen molar-refractivity contribution >= 4 is 11.6 Å². The molecule has 0 fully saturated rings. The standard InChI is InChI=1S/C18H13N3O4/c22-18(12-4-5-15-16(8-12)24-11-23-15)21-13-2-1-3-14(9-13)25-17-10-19-6-7-20-17/h1-10H,11H2,(H,21,22). The molecule has 7 heteroatoms. The van der Waals surface area contributed by atoms with Gasteiger partial charge in [-0.3, -0.25) is 9.78 Å². The lowest BCUT2D eigenvalue weighted by Gasteiger charge is -2.08. The Morgan fingerprint density at radius 2 is 2.00 bits per heavy atom. The Labute approximate surface area is 143 Å². The maximum absolute atomic E-state index is 12.4. The summed E-state index contributed by atoms with van der Waals surface area (Å²) < 4.78 is 16.1. The molecule has 1 aliphatic rings. The number of rotatable bonds is 4. The van der Waals surface area contributed by atoms with Crippen molar-refractivity contribution in [3.63, 3.8) is 0 Å². The van der Waals surface area contributed by atoms with Gasteiger partial charge in [0.15, 0.2) is 11.5 Å². The minimum absolute atomic E-state index is 0.169. The van der Waals surface area contributed by atoms with Crippen molar-refractivity contribution in [3.8, 4) is 23.1 Å². The highest BCUT2D eigenvalue weighted by Gasteiger charge is 2.16. The zero-order chi connectivity index (χ0) is 17.1. The number of carbonyl (C=O) groups is 1. The lowest BCUT2D eigenvalue weighted by molar-refractivity contribution is 0.102. The van der Waals surface area contributed by atoms with Gasteiger partial charge in [-0.25, -0.2) is 4.98 Å². The molecule has 2 aromatic carbocycles.